The normalized spacial score (nSPS) is 35.6. The summed E-state index contributed by atoms with van der Waals surface area (Å²) >= 11 is 0. The topological polar surface area (TPSA) is 110 Å². The lowest BCUT2D eigenvalue weighted by Gasteiger charge is -2.45. The maximum Gasteiger partial charge on any atom is 0.421 e. The summed E-state index contributed by atoms with van der Waals surface area (Å²) in [5, 5.41) is 17.6. The Labute approximate surface area is 227 Å². The van der Waals surface area contributed by atoms with Crippen LogP contribution in [0.25, 0.3) is 0 Å². The van der Waals surface area contributed by atoms with Gasteiger partial charge in [-0.05, 0) is 32.3 Å². The Morgan fingerprint density at radius 3 is 2.35 bits per heavy atom. The number of ether oxygens (including phenoxy) is 2. The smallest absolute Gasteiger partial charge is 0.357 e. The van der Waals surface area contributed by atoms with Crippen molar-refractivity contribution in [2.24, 2.45) is 5.92 Å². The molecule has 3 heterocycles. The van der Waals surface area contributed by atoms with Crippen molar-refractivity contribution in [2.45, 2.75) is 113 Å². The molecule has 7 atom stereocenters. The molecule has 3 saturated heterocycles. The molecular formula is C25H35F6N5O4. The minimum atomic E-state index is -4.92. The highest BCUT2D eigenvalue weighted by atomic mass is 19.4. The van der Waals surface area contributed by atoms with Crippen molar-refractivity contribution in [1.29, 1.82) is 0 Å². The minimum absolute atomic E-state index is 0.102. The van der Waals surface area contributed by atoms with Gasteiger partial charge >= 0.3 is 12.4 Å². The van der Waals surface area contributed by atoms with E-state index in [9.17, 15) is 36.5 Å². The average molecular weight is 584 g/mol. The minimum Gasteiger partial charge on any atom is -0.357 e. The van der Waals surface area contributed by atoms with E-state index in [0.29, 0.717) is 24.8 Å². The number of halogens is 6. The molecule has 3 aliphatic rings. The Balaban J connectivity index is 1.69. The van der Waals surface area contributed by atoms with Gasteiger partial charge in [0.05, 0.1) is 18.7 Å². The first kappa shape index (κ1) is 30.9. The number of nitrogens with one attached hydrogen (secondary N) is 4. The Kier molecular flexibility index (Phi) is 9.03. The molecule has 0 aliphatic carbocycles. The van der Waals surface area contributed by atoms with Crippen LogP contribution in [0.1, 0.15) is 57.9 Å². The summed E-state index contributed by atoms with van der Waals surface area (Å²) in [5.41, 5.74) is 1.82. The van der Waals surface area contributed by atoms with E-state index in [1.54, 1.807) is 44.2 Å². The van der Waals surface area contributed by atoms with Crippen LogP contribution in [0, 0.1) is 16.0 Å². The highest BCUT2D eigenvalue weighted by Gasteiger charge is 2.65. The van der Waals surface area contributed by atoms with Crippen molar-refractivity contribution in [3.63, 3.8) is 0 Å². The molecule has 4 rings (SSSR count). The molecular weight excluding hydrogens is 548 g/mol. The molecule has 0 radical (unpaired) electrons. The highest BCUT2D eigenvalue weighted by molar-refractivity contribution is 5.14. The van der Waals surface area contributed by atoms with Gasteiger partial charge in [0.2, 0.25) is 11.6 Å². The molecule has 1 aromatic rings. The molecule has 226 valence electrons. The zero-order chi connectivity index (χ0) is 29.3. The average Bonchev–Trinajstić information content (AvgIpc) is 3.34. The van der Waals surface area contributed by atoms with E-state index >= 15 is 0 Å². The van der Waals surface area contributed by atoms with Gasteiger partial charge in [-0.1, -0.05) is 49.6 Å². The first-order valence-electron chi connectivity index (χ1n) is 13.3. The first-order chi connectivity index (χ1) is 18.6. The fraction of sp³-hybridized carbons (Fsp3) is 0.760. The molecule has 4 bridgehead atoms. The number of hydrogen-bond acceptors (Lipinski definition) is 8. The fourth-order valence-corrected chi connectivity index (χ4v) is 5.78. The van der Waals surface area contributed by atoms with Crippen molar-refractivity contribution in [3.05, 3.63) is 46.0 Å². The van der Waals surface area contributed by atoms with E-state index in [1.807, 2.05) is 0 Å². The largest absolute Gasteiger partial charge is 0.421 e. The summed E-state index contributed by atoms with van der Waals surface area (Å²) in [7, 11) is 0. The van der Waals surface area contributed by atoms with Crippen molar-refractivity contribution in [1.82, 2.24) is 21.5 Å². The van der Waals surface area contributed by atoms with Crippen LogP contribution in [0.3, 0.4) is 0 Å². The van der Waals surface area contributed by atoms with Gasteiger partial charge < -0.3 is 9.47 Å². The molecule has 6 unspecified atom stereocenters. The zero-order valence-electron chi connectivity index (χ0n) is 22.1. The molecule has 0 spiro atoms. The van der Waals surface area contributed by atoms with Crippen molar-refractivity contribution < 1.29 is 40.7 Å². The van der Waals surface area contributed by atoms with Gasteiger partial charge in [0.15, 0.2) is 6.23 Å². The quantitative estimate of drug-likeness (QED) is 0.238. The highest BCUT2D eigenvalue weighted by Crippen LogP contribution is 2.44. The summed E-state index contributed by atoms with van der Waals surface area (Å²) in [4.78, 5) is 11.1. The lowest BCUT2D eigenvalue weighted by atomic mass is 9.84. The van der Waals surface area contributed by atoms with Crippen LogP contribution in [0.5, 0.6) is 0 Å². The van der Waals surface area contributed by atoms with Gasteiger partial charge in [0.25, 0.3) is 0 Å². The SMILES string of the molecule is CC1(C)CCCCC[C@](OCc2ccccc2)(C(F)(F)F)C2NNC(O2)C2NC(N1)C(C(F)(F)F)CC2[N+](=O)[O-]. The summed E-state index contributed by atoms with van der Waals surface area (Å²) in [6, 6.07) is 5.12. The van der Waals surface area contributed by atoms with Crippen LogP contribution >= 0.6 is 0 Å². The van der Waals surface area contributed by atoms with E-state index in [1.165, 1.54) is 0 Å². The molecule has 40 heavy (non-hydrogen) atoms. The predicted molar refractivity (Wildman–Crippen MR) is 131 cm³/mol. The second-order valence-corrected chi connectivity index (χ2v) is 11.4. The predicted octanol–water partition coefficient (Wildman–Crippen LogP) is 4.13. The molecule has 9 nitrogen and oxygen atoms in total. The number of piperidine rings is 1. The third-order valence-electron chi connectivity index (χ3n) is 7.98. The maximum atomic E-state index is 14.9. The van der Waals surface area contributed by atoms with Gasteiger partial charge in [0.1, 0.15) is 12.3 Å². The summed E-state index contributed by atoms with van der Waals surface area (Å²) in [5.74, 6) is -2.10. The number of nitrogens with zero attached hydrogens (tertiary/aromatic N) is 1. The number of hydrazine groups is 1. The summed E-state index contributed by atoms with van der Waals surface area (Å²) in [6.45, 7) is 3.03. The third kappa shape index (κ3) is 6.71. The molecule has 1 aromatic carbocycles. The Bertz CT molecular complexity index is 1010. The Morgan fingerprint density at radius 2 is 1.73 bits per heavy atom. The maximum absolute atomic E-state index is 14.9. The Morgan fingerprint density at radius 1 is 1.05 bits per heavy atom. The van der Waals surface area contributed by atoms with E-state index < -0.39 is 77.9 Å². The molecule has 3 aliphatic heterocycles. The number of hydrogen-bond donors (Lipinski definition) is 4. The van der Waals surface area contributed by atoms with Crippen LogP contribution in [-0.4, -0.2) is 59.1 Å². The lowest BCUT2D eigenvalue weighted by molar-refractivity contribution is -0.537. The number of fused-ring (bicyclic) bond motifs is 5. The summed E-state index contributed by atoms with van der Waals surface area (Å²) in [6.07, 6.45) is -14.4. The van der Waals surface area contributed by atoms with Crippen LogP contribution in [0.15, 0.2) is 30.3 Å². The molecule has 0 amide bonds. The number of nitro groups is 1. The molecule has 0 aromatic heterocycles. The van der Waals surface area contributed by atoms with E-state index in [0.717, 1.165) is 0 Å². The fourth-order valence-electron chi connectivity index (χ4n) is 5.78. The third-order valence-corrected chi connectivity index (χ3v) is 7.98. The van der Waals surface area contributed by atoms with Crippen LogP contribution < -0.4 is 21.5 Å². The summed E-state index contributed by atoms with van der Waals surface area (Å²) < 4.78 is 98.1. The monoisotopic (exact) mass is 583 g/mol. The van der Waals surface area contributed by atoms with Crippen molar-refractivity contribution in [2.75, 3.05) is 0 Å². The van der Waals surface area contributed by atoms with Crippen LogP contribution in [0.4, 0.5) is 26.3 Å². The molecule has 0 saturated carbocycles. The van der Waals surface area contributed by atoms with Crippen molar-refractivity contribution >= 4 is 0 Å². The number of benzene rings is 1. The van der Waals surface area contributed by atoms with E-state index in [-0.39, 0.29) is 13.0 Å². The van der Waals surface area contributed by atoms with E-state index in [4.69, 9.17) is 9.47 Å². The van der Waals surface area contributed by atoms with Gasteiger partial charge in [0, 0.05) is 16.9 Å². The Hall–Kier alpha value is -2.04. The van der Waals surface area contributed by atoms with Gasteiger partial charge in [-0.3, -0.25) is 20.7 Å². The number of alkyl halides is 6. The first-order valence-corrected chi connectivity index (χ1v) is 13.3. The lowest BCUT2D eigenvalue weighted by Crippen LogP contribution is -2.71. The molecule has 3 fully saturated rings. The molecule has 4 N–H and O–H groups in total. The second kappa shape index (κ2) is 11.7. The molecule has 15 heteroatoms. The van der Waals surface area contributed by atoms with Gasteiger partial charge in [-0.15, -0.1) is 0 Å². The van der Waals surface area contributed by atoms with Crippen molar-refractivity contribution in [3.8, 4) is 0 Å². The van der Waals surface area contributed by atoms with Gasteiger partial charge in [-0.25, -0.2) is 10.9 Å². The second-order valence-electron chi connectivity index (χ2n) is 11.4. The van der Waals surface area contributed by atoms with Crippen LogP contribution in [-0.2, 0) is 16.1 Å². The van der Waals surface area contributed by atoms with E-state index in [2.05, 4.69) is 21.5 Å². The zero-order valence-corrected chi connectivity index (χ0v) is 22.1. The standard InChI is InChI=1S/C25H35F6N5O4/c1-22(2)11-7-4-8-12-23(25(29,30)31,39-14-15-9-5-3-6-10-15)21-35-34-20(40-21)18-17(36(37)38)13-16(24(26,27)28)19(32-18)33-22/h3,5-6,9-10,16-21,32-35H,4,7-8,11-14H2,1-2H3/t16?,17?,18?,19?,20?,21?,23-/m1/s1. The van der Waals surface area contributed by atoms with Crippen LogP contribution in [0.2, 0.25) is 0 Å². The van der Waals surface area contributed by atoms with Gasteiger partial charge in [-0.2, -0.15) is 26.3 Å². The number of rotatable bonds is 4.